The van der Waals surface area contributed by atoms with Gasteiger partial charge in [0.1, 0.15) is 6.10 Å². The molecule has 28 heavy (non-hydrogen) atoms. The van der Waals surface area contributed by atoms with E-state index in [-0.39, 0.29) is 24.0 Å². The van der Waals surface area contributed by atoms with Gasteiger partial charge in [-0.05, 0) is 54.0 Å². The first-order chi connectivity index (χ1) is 12.7. The number of nitrogens with zero attached hydrogens (tertiary/aromatic N) is 2. The van der Waals surface area contributed by atoms with Crippen LogP contribution in [-0.4, -0.2) is 21.9 Å². The third-order valence-electron chi connectivity index (χ3n) is 4.62. The van der Waals surface area contributed by atoms with E-state index >= 15 is 0 Å². The number of halogens is 2. The summed E-state index contributed by atoms with van der Waals surface area (Å²) in [4.78, 5) is 9.39. The molecular weight excluding hydrogens is 435 g/mol. The predicted molar refractivity (Wildman–Crippen MR) is 117 cm³/mol. The van der Waals surface area contributed by atoms with Crippen LogP contribution in [-0.2, 0) is 18.7 Å². The SMILES string of the molecule is CC(C)(C)C1=CC(=NC(C)(C)c2ccccn2)C(O)C(C(C)(C)C)=C1.[Cl][Fe][Cl]. The van der Waals surface area contributed by atoms with Crippen LogP contribution in [0.4, 0.5) is 0 Å². The quantitative estimate of drug-likeness (QED) is 0.508. The molecule has 0 fully saturated rings. The summed E-state index contributed by atoms with van der Waals surface area (Å²) in [7, 11) is 9.53. The monoisotopic (exact) mass is 466 g/mol. The molecule has 158 valence electrons. The molecule has 1 aromatic heterocycles. The minimum atomic E-state index is -0.686. The van der Waals surface area contributed by atoms with Crippen molar-refractivity contribution >= 4 is 25.9 Å². The number of aromatic nitrogens is 1. The Kier molecular flexibility index (Phi) is 8.99. The molecule has 1 aliphatic rings. The van der Waals surface area contributed by atoms with Crippen molar-refractivity contribution < 1.29 is 18.2 Å². The Bertz CT molecular complexity index is 742. The summed E-state index contributed by atoms with van der Waals surface area (Å²) in [5.74, 6) is 0. The van der Waals surface area contributed by atoms with E-state index in [2.05, 4.69) is 52.6 Å². The summed E-state index contributed by atoms with van der Waals surface area (Å²) < 4.78 is 0. The molecule has 1 heterocycles. The van der Waals surface area contributed by atoms with E-state index < -0.39 is 11.6 Å². The first-order valence-electron chi connectivity index (χ1n) is 9.23. The summed E-state index contributed by atoms with van der Waals surface area (Å²) >= 11 is 0.194. The predicted octanol–water partition coefficient (Wildman–Crippen LogP) is 6.45. The van der Waals surface area contributed by atoms with E-state index in [0.29, 0.717) is 5.71 Å². The van der Waals surface area contributed by atoms with Crippen LogP contribution in [0.15, 0.2) is 52.7 Å². The number of aliphatic hydroxyl groups excluding tert-OH is 1. The molecule has 6 heteroatoms. The molecule has 1 N–H and O–H groups in total. The van der Waals surface area contributed by atoms with Crippen molar-refractivity contribution in [3.8, 4) is 0 Å². The van der Waals surface area contributed by atoms with Crippen molar-refractivity contribution in [2.24, 2.45) is 15.8 Å². The van der Waals surface area contributed by atoms with Gasteiger partial charge in [-0.25, -0.2) is 0 Å². The van der Waals surface area contributed by atoms with Crippen LogP contribution in [0.1, 0.15) is 61.1 Å². The Morgan fingerprint density at radius 3 is 1.96 bits per heavy atom. The topological polar surface area (TPSA) is 45.5 Å². The average molecular weight is 467 g/mol. The molecule has 1 aromatic rings. The van der Waals surface area contributed by atoms with Crippen LogP contribution in [0.2, 0.25) is 0 Å². The fourth-order valence-corrected chi connectivity index (χ4v) is 2.94. The molecule has 0 bridgehead atoms. The Hall–Kier alpha value is -0.641. The zero-order valence-corrected chi connectivity index (χ0v) is 20.6. The van der Waals surface area contributed by atoms with Crippen molar-refractivity contribution in [2.75, 3.05) is 0 Å². The van der Waals surface area contributed by atoms with Crippen molar-refractivity contribution in [3.05, 3.63) is 53.4 Å². The van der Waals surface area contributed by atoms with Crippen molar-refractivity contribution in [1.29, 1.82) is 0 Å². The second kappa shape index (κ2) is 9.91. The van der Waals surface area contributed by atoms with E-state index in [1.54, 1.807) is 6.20 Å². The van der Waals surface area contributed by atoms with Gasteiger partial charge in [0, 0.05) is 6.20 Å². The van der Waals surface area contributed by atoms with Crippen molar-refractivity contribution in [1.82, 2.24) is 4.98 Å². The third-order valence-corrected chi connectivity index (χ3v) is 4.62. The van der Waals surface area contributed by atoms with E-state index in [4.69, 9.17) is 25.2 Å². The van der Waals surface area contributed by atoms with Gasteiger partial charge in [-0.2, -0.15) is 0 Å². The molecule has 2 rings (SSSR count). The summed E-state index contributed by atoms with van der Waals surface area (Å²) in [5, 5.41) is 11.0. The van der Waals surface area contributed by atoms with Gasteiger partial charge in [-0.1, -0.05) is 53.7 Å². The standard InChI is InChI=1S/C22H32N2O.2ClH.Fe/c1-20(2,3)15-13-16(21(4,5)6)19(25)17(14-15)24-22(7,8)18-11-9-10-12-23-18;;;/h9-14,19,25H,1-8H3;2*1H;/q;;;+2/p-2. The molecule has 1 unspecified atom stereocenters. The Morgan fingerprint density at radius 2 is 1.54 bits per heavy atom. The van der Waals surface area contributed by atoms with Crippen LogP contribution < -0.4 is 0 Å². The number of hydrogen-bond acceptors (Lipinski definition) is 3. The zero-order chi connectivity index (χ0) is 21.8. The second-order valence-electron chi connectivity index (χ2n) is 9.46. The number of pyridine rings is 1. The van der Waals surface area contributed by atoms with E-state index in [1.807, 2.05) is 38.1 Å². The van der Waals surface area contributed by atoms with Gasteiger partial charge in [-0.15, -0.1) is 0 Å². The van der Waals surface area contributed by atoms with Gasteiger partial charge in [0.15, 0.2) is 0 Å². The zero-order valence-electron chi connectivity index (χ0n) is 18.0. The van der Waals surface area contributed by atoms with Gasteiger partial charge in [0.05, 0.1) is 16.9 Å². The van der Waals surface area contributed by atoms with Crippen molar-refractivity contribution in [2.45, 2.75) is 67.0 Å². The van der Waals surface area contributed by atoms with Crippen LogP contribution in [0.3, 0.4) is 0 Å². The molecule has 0 saturated carbocycles. The summed E-state index contributed by atoms with van der Waals surface area (Å²) in [6.07, 6.45) is 5.29. The Labute approximate surface area is 185 Å². The Morgan fingerprint density at radius 1 is 0.964 bits per heavy atom. The molecule has 0 aliphatic heterocycles. The van der Waals surface area contributed by atoms with Crippen LogP contribution >= 0.6 is 20.2 Å². The van der Waals surface area contributed by atoms with E-state index in [1.165, 1.54) is 5.57 Å². The van der Waals surface area contributed by atoms with Gasteiger partial charge >= 0.3 is 33.3 Å². The maximum atomic E-state index is 11.0. The number of aliphatic hydroxyl groups is 1. The number of aliphatic imine (C=N–C) groups is 1. The number of hydrogen-bond donors (Lipinski definition) is 1. The molecule has 0 saturated heterocycles. The van der Waals surface area contributed by atoms with Crippen molar-refractivity contribution in [3.63, 3.8) is 0 Å². The number of allylic oxidation sites excluding steroid dienone is 2. The van der Waals surface area contributed by atoms with E-state index in [9.17, 15) is 5.11 Å². The molecule has 0 spiro atoms. The van der Waals surface area contributed by atoms with Gasteiger partial charge in [0.25, 0.3) is 0 Å². The molecule has 0 radical (unpaired) electrons. The summed E-state index contributed by atoms with van der Waals surface area (Å²) in [6.45, 7) is 17.0. The van der Waals surface area contributed by atoms with Crippen LogP contribution in [0, 0.1) is 10.8 Å². The molecule has 0 aromatic carbocycles. The van der Waals surface area contributed by atoms with Crippen LogP contribution in [0.25, 0.3) is 0 Å². The third kappa shape index (κ3) is 7.00. The molecule has 3 nitrogen and oxygen atoms in total. The van der Waals surface area contributed by atoms with Gasteiger partial charge < -0.3 is 5.11 Å². The number of rotatable bonds is 2. The summed E-state index contributed by atoms with van der Waals surface area (Å²) in [5.41, 5.74) is 3.18. The maximum absolute atomic E-state index is 11.0. The first-order valence-corrected chi connectivity index (χ1v) is 12.3. The molecule has 0 amide bonds. The fourth-order valence-electron chi connectivity index (χ4n) is 2.94. The molecular formula is C22H32Cl2FeN2O. The normalized spacial score (nSPS) is 19.7. The van der Waals surface area contributed by atoms with E-state index in [0.717, 1.165) is 11.3 Å². The average Bonchev–Trinajstić information content (AvgIpc) is 2.56. The Balaban J connectivity index is 0.00000122. The van der Waals surface area contributed by atoms with Gasteiger partial charge in [0.2, 0.25) is 0 Å². The van der Waals surface area contributed by atoms with Crippen LogP contribution in [0.5, 0.6) is 0 Å². The first kappa shape index (κ1) is 25.4. The minimum absolute atomic E-state index is 0.00739. The molecule has 1 aliphatic carbocycles. The molecule has 1 atom stereocenters. The summed E-state index contributed by atoms with van der Waals surface area (Å²) in [6, 6.07) is 5.85. The second-order valence-corrected chi connectivity index (χ2v) is 11.3. The van der Waals surface area contributed by atoms with Gasteiger partial charge in [-0.3, -0.25) is 9.98 Å². The fraction of sp³-hybridized carbons (Fsp3) is 0.545.